The maximum absolute atomic E-state index is 12.9. The van der Waals surface area contributed by atoms with Gasteiger partial charge in [0.2, 0.25) is 11.8 Å². The molecule has 8 heteroatoms. The lowest BCUT2D eigenvalue weighted by Crippen LogP contribution is -2.40. The Hall–Kier alpha value is -2.58. The molecular weight excluding hydrogens is 474 g/mol. The van der Waals surface area contributed by atoms with Gasteiger partial charge in [0.05, 0.1) is 20.1 Å². The van der Waals surface area contributed by atoms with E-state index in [1.807, 2.05) is 23.1 Å². The molecule has 1 aliphatic heterocycles. The van der Waals surface area contributed by atoms with Gasteiger partial charge in [-0.1, -0.05) is 46.3 Å². The molecule has 1 aliphatic rings. The molecule has 2 amide bonds. The van der Waals surface area contributed by atoms with Crippen LogP contribution in [-0.2, 0) is 22.4 Å². The molecule has 7 nitrogen and oxygen atoms in total. The van der Waals surface area contributed by atoms with Crippen LogP contribution in [0.5, 0.6) is 11.5 Å². The zero-order valence-electron chi connectivity index (χ0n) is 18.3. The van der Waals surface area contributed by atoms with Crippen LogP contribution in [0.15, 0.2) is 46.9 Å². The highest BCUT2D eigenvalue weighted by Crippen LogP contribution is 2.32. The third-order valence-corrected chi connectivity index (χ3v) is 6.31. The van der Waals surface area contributed by atoms with Gasteiger partial charge < -0.3 is 20.1 Å². The number of methoxy groups -OCH3 is 1. The van der Waals surface area contributed by atoms with Gasteiger partial charge in [0.25, 0.3) is 0 Å². The molecule has 32 heavy (non-hydrogen) atoms. The quantitative estimate of drug-likeness (QED) is 0.578. The van der Waals surface area contributed by atoms with Crippen LogP contribution in [-0.4, -0.2) is 73.1 Å². The summed E-state index contributed by atoms with van der Waals surface area (Å²) in [7, 11) is 1.48. The van der Waals surface area contributed by atoms with Gasteiger partial charge in [0.15, 0.2) is 11.5 Å². The number of phenols is 1. The molecule has 0 bridgehead atoms. The minimum atomic E-state index is 0.0147. The molecule has 2 aromatic rings. The molecule has 2 aromatic carbocycles. The first-order valence-corrected chi connectivity index (χ1v) is 11.6. The Bertz CT molecular complexity index is 923. The predicted molar refractivity (Wildman–Crippen MR) is 127 cm³/mol. The summed E-state index contributed by atoms with van der Waals surface area (Å²) in [5.41, 5.74) is 1.97. The van der Waals surface area contributed by atoms with Gasteiger partial charge in [-0.25, -0.2) is 0 Å². The summed E-state index contributed by atoms with van der Waals surface area (Å²) < 4.78 is 5.83. The average molecular weight is 504 g/mol. The number of halogens is 1. The van der Waals surface area contributed by atoms with Crippen molar-refractivity contribution in [3.8, 4) is 11.5 Å². The zero-order valence-corrected chi connectivity index (χ0v) is 19.9. The van der Waals surface area contributed by atoms with Crippen molar-refractivity contribution in [2.45, 2.75) is 19.3 Å². The first-order chi connectivity index (χ1) is 15.5. The predicted octanol–water partition coefficient (Wildman–Crippen LogP) is 2.60. The fraction of sp³-hybridized carbons (Fsp3) is 0.417. The molecule has 3 rings (SSSR count). The molecule has 1 fully saturated rings. The van der Waals surface area contributed by atoms with Gasteiger partial charge in [-0.3, -0.25) is 14.5 Å². The number of carbonyl (C=O) groups is 2. The summed E-state index contributed by atoms with van der Waals surface area (Å²) in [5.74, 6) is 0.410. The number of aromatic hydroxyl groups is 1. The monoisotopic (exact) mass is 503 g/mol. The Kier molecular flexibility index (Phi) is 8.93. The fourth-order valence-electron chi connectivity index (χ4n) is 3.79. The van der Waals surface area contributed by atoms with E-state index in [1.165, 1.54) is 12.7 Å². The minimum absolute atomic E-state index is 0.0147. The Morgan fingerprint density at radius 2 is 1.91 bits per heavy atom. The van der Waals surface area contributed by atoms with Crippen molar-refractivity contribution >= 4 is 27.7 Å². The first-order valence-electron chi connectivity index (χ1n) is 10.8. The van der Waals surface area contributed by atoms with Crippen molar-refractivity contribution < 1.29 is 19.4 Å². The lowest BCUT2D eigenvalue weighted by molar-refractivity contribution is -0.130. The van der Waals surface area contributed by atoms with Gasteiger partial charge in [-0.15, -0.1) is 0 Å². The largest absolute Gasteiger partial charge is 0.504 e. The van der Waals surface area contributed by atoms with Crippen LogP contribution in [0.2, 0.25) is 0 Å². The normalized spacial score (nSPS) is 14.6. The highest BCUT2D eigenvalue weighted by atomic mass is 79.9. The highest BCUT2D eigenvalue weighted by molar-refractivity contribution is 9.10. The Labute approximate surface area is 197 Å². The van der Waals surface area contributed by atoms with E-state index >= 15 is 0 Å². The number of nitrogens with zero attached hydrogens (tertiary/aromatic N) is 2. The van der Waals surface area contributed by atoms with E-state index in [1.54, 1.807) is 12.1 Å². The van der Waals surface area contributed by atoms with E-state index in [2.05, 4.69) is 38.3 Å². The second-order valence-corrected chi connectivity index (χ2v) is 8.74. The number of hydrogen-bond acceptors (Lipinski definition) is 5. The van der Waals surface area contributed by atoms with E-state index in [-0.39, 0.29) is 24.0 Å². The number of carbonyl (C=O) groups excluding carboxylic acids is 2. The lowest BCUT2D eigenvalue weighted by atomic mass is 10.1. The van der Waals surface area contributed by atoms with Crippen LogP contribution in [0.1, 0.15) is 17.5 Å². The molecule has 0 spiro atoms. The van der Waals surface area contributed by atoms with E-state index in [4.69, 9.17) is 4.74 Å². The molecular formula is C24H30BrN3O4. The summed E-state index contributed by atoms with van der Waals surface area (Å²) in [5, 5.41) is 12.8. The SMILES string of the molecule is COc1cc(CC(=O)N2CCCN(CC(=O)NCCc3ccccc3)CC2)c(Br)cc1O. The number of rotatable bonds is 8. The van der Waals surface area contributed by atoms with Crippen molar-refractivity contribution in [2.24, 2.45) is 0 Å². The van der Waals surface area contributed by atoms with Crippen molar-refractivity contribution in [3.05, 3.63) is 58.1 Å². The van der Waals surface area contributed by atoms with Gasteiger partial charge >= 0.3 is 0 Å². The third-order valence-electron chi connectivity index (χ3n) is 5.58. The van der Waals surface area contributed by atoms with Gasteiger partial charge in [0.1, 0.15) is 0 Å². The third kappa shape index (κ3) is 6.97. The molecule has 0 aromatic heterocycles. The Balaban J connectivity index is 1.45. The summed E-state index contributed by atoms with van der Waals surface area (Å²) >= 11 is 3.41. The molecule has 1 heterocycles. The highest BCUT2D eigenvalue weighted by Gasteiger charge is 2.22. The summed E-state index contributed by atoms with van der Waals surface area (Å²) in [6, 6.07) is 13.3. The van der Waals surface area contributed by atoms with E-state index < -0.39 is 0 Å². The van der Waals surface area contributed by atoms with Crippen LogP contribution >= 0.6 is 15.9 Å². The minimum Gasteiger partial charge on any atom is -0.504 e. The molecule has 0 unspecified atom stereocenters. The summed E-state index contributed by atoms with van der Waals surface area (Å²) in [6.07, 6.45) is 1.85. The summed E-state index contributed by atoms with van der Waals surface area (Å²) in [4.78, 5) is 29.1. The zero-order chi connectivity index (χ0) is 22.9. The van der Waals surface area contributed by atoms with Crippen LogP contribution in [0, 0.1) is 0 Å². The number of hydrogen-bond donors (Lipinski definition) is 2. The number of amides is 2. The van der Waals surface area contributed by atoms with Crippen molar-refractivity contribution in [1.82, 2.24) is 15.1 Å². The van der Waals surface area contributed by atoms with Crippen LogP contribution < -0.4 is 10.1 Å². The number of benzene rings is 2. The lowest BCUT2D eigenvalue weighted by Gasteiger charge is -2.22. The summed E-state index contributed by atoms with van der Waals surface area (Å²) in [6.45, 7) is 3.66. The first kappa shape index (κ1) is 24.1. The van der Waals surface area contributed by atoms with Gasteiger partial charge in [-0.05, 0) is 36.1 Å². The Morgan fingerprint density at radius 3 is 2.66 bits per heavy atom. The second-order valence-electron chi connectivity index (χ2n) is 7.89. The standard InChI is InChI=1S/C24H30BrN3O4/c1-32-22-14-19(20(25)16-21(22)29)15-24(31)28-11-5-10-27(12-13-28)17-23(30)26-9-8-18-6-3-2-4-7-18/h2-4,6-7,14,16,29H,5,8-13,15,17H2,1H3,(H,26,30). The van der Waals surface area contributed by atoms with Crippen LogP contribution in [0.25, 0.3) is 0 Å². The van der Waals surface area contributed by atoms with E-state index in [0.29, 0.717) is 42.9 Å². The number of phenolic OH excluding ortho intramolecular Hbond substituents is 1. The van der Waals surface area contributed by atoms with Gasteiger partial charge in [-0.2, -0.15) is 0 Å². The van der Waals surface area contributed by atoms with Crippen molar-refractivity contribution in [3.63, 3.8) is 0 Å². The number of nitrogens with one attached hydrogen (secondary N) is 1. The number of ether oxygens (including phenoxy) is 1. The van der Waals surface area contributed by atoms with E-state index in [0.717, 1.165) is 24.9 Å². The van der Waals surface area contributed by atoms with Crippen LogP contribution in [0.4, 0.5) is 0 Å². The molecule has 2 N–H and O–H groups in total. The molecule has 1 saturated heterocycles. The van der Waals surface area contributed by atoms with Crippen LogP contribution in [0.3, 0.4) is 0 Å². The molecule has 172 valence electrons. The van der Waals surface area contributed by atoms with Crippen molar-refractivity contribution in [1.29, 1.82) is 0 Å². The Morgan fingerprint density at radius 1 is 1.12 bits per heavy atom. The second kappa shape index (κ2) is 11.9. The smallest absolute Gasteiger partial charge is 0.234 e. The van der Waals surface area contributed by atoms with Crippen molar-refractivity contribution in [2.75, 3.05) is 46.4 Å². The van der Waals surface area contributed by atoms with E-state index in [9.17, 15) is 14.7 Å². The molecule has 0 aliphatic carbocycles. The average Bonchev–Trinajstić information content (AvgIpc) is 3.02. The fourth-order valence-corrected chi connectivity index (χ4v) is 4.26. The molecule has 0 radical (unpaired) electrons. The maximum atomic E-state index is 12.9. The molecule has 0 saturated carbocycles. The van der Waals surface area contributed by atoms with Gasteiger partial charge in [0, 0.05) is 37.2 Å². The maximum Gasteiger partial charge on any atom is 0.234 e. The molecule has 0 atom stereocenters. The topological polar surface area (TPSA) is 82.1 Å².